The number of nitrogens with zero attached hydrogens (tertiary/aromatic N) is 1. The van der Waals surface area contributed by atoms with Crippen molar-refractivity contribution in [3.8, 4) is 11.5 Å². The van der Waals surface area contributed by atoms with Crippen molar-refractivity contribution in [1.29, 1.82) is 0 Å². The minimum atomic E-state index is -0.937. The molecular weight excluding hydrogens is 465 g/mol. The number of phenolic OH excluding ortho intramolecular Hbond substituents is 1. The van der Waals surface area contributed by atoms with Gasteiger partial charge in [-0.3, -0.25) is 14.5 Å². The molecular formula is C25H19Cl2NO5. The number of amides is 1. The first-order chi connectivity index (χ1) is 15.7. The SMILES string of the molecule is COc1c(Cl)cc(/C(O)=C2\C(=O)C(=O)N(c3ccc(C)cc3)C2c2ccc(O)cc2)cc1Cl. The summed E-state index contributed by atoms with van der Waals surface area (Å²) in [5.74, 6) is -1.81. The molecule has 1 heterocycles. The molecule has 8 heteroatoms. The number of carbonyl (C=O) groups is 2. The van der Waals surface area contributed by atoms with E-state index in [-0.39, 0.29) is 32.7 Å². The normalized spacial score (nSPS) is 17.5. The van der Waals surface area contributed by atoms with Crippen LogP contribution in [0.4, 0.5) is 5.69 Å². The van der Waals surface area contributed by atoms with Gasteiger partial charge in [0.05, 0.1) is 28.8 Å². The maximum atomic E-state index is 13.2. The molecule has 1 saturated heterocycles. The number of benzene rings is 3. The van der Waals surface area contributed by atoms with E-state index in [0.717, 1.165) is 5.56 Å². The van der Waals surface area contributed by atoms with Crippen LogP contribution in [-0.2, 0) is 9.59 Å². The zero-order valence-electron chi connectivity index (χ0n) is 17.7. The third-order valence-corrected chi connectivity index (χ3v) is 6.00. The molecule has 1 unspecified atom stereocenters. The first kappa shape index (κ1) is 22.7. The molecule has 4 rings (SSSR count). The summed E-state index contributed by atoms with van der Waals surface area (Å²) >= 11 is 12.5. The molecule has 1 aliphatic heterocycles. The lowest BCUT2D eigenvalue weighted by Crippen LogP contribution is -2.29. The third kappa shape index (κ3) is 4.03. The fourth-order valence-electron chi connectivity index (χ4n) is 3.82. The van der Waals surface area contributed by atoms with Crippen LogP contribution in [0.5, 0.6) is 11.5 Å². The number of halogens is 2. The van der Waals surface area contributed by atoms with Gasteiger partial charge in [0.1, 0.15) is 11.5 Å². The lowest BCUT2D eigenvalue weighted by Gasteiger charge is -2.25. The molecule has 3 aromatic carbocycles. The van der Waals surface area contributed by atoms with Crippen molar-refractivity contribution < 1.29 is 24.5 Å². The Balaban J connectivity index is 1.95. The van der Waals surface area contributed by atoms with Gasteiger partial charge in [0.15, 0.2) is 5.75 Å². The molecule has 2 N–H and O–H groups in total. The number of hydrogen-bond acceptors (Lipinski definition) is 5. The summed E-state index contributed by atoms with van der Waals surface area (Å²) in [6, 6.07) is 15.1. The molecule has 168 valence electrons. The second kappa shape index (κ2) is 8.81. The number of aliphatic hydroxyl groups is 1. The number of ketones is 1. The van der Waals surface area contributed by atoms with E-state index in [1.807, 2.05) is 19.1 Å². The number of methoxy groups -OCH3 is 1. The zero-order chi connectivity index (χ0) is 23.9. The van der Waals surface area contributed by atoms with Gasteiger partial charge in [0, 0.05) is 11.3 Å². The first-order valence-corrected chi connectivity index (χ1v) is 10.7. The van der Waals surface area contributed by atoms with Gasteiger partial charge in [-0.05, 0) is 48.9 Å². The molecule has 6 nitrogen and oxygen atoms in total. The van der Waals surface area contributed by atoms with E-state index in [0.29, 0.717) is 11.3 Å². The largest absolute Gasteiger partial charge is 0.508 e. The van der Waals surface area contributed by atoms with Crippen LogP contribution in [0.25, 0.3) is 5.76 Å². The van der Waals surface area contributed by atoms with Crippen LogP contribution in [0.2, 0.25) is 10.0 Å². The van der Waals surface area contributed by atoms with E-state index in [1.54, 1.807) is 24.3 Å². The van der Waals surface area contributed by atoms with Gasteiger partial charge < -0.3 is 14.9 Å². The van der Waals surface area contributed by atoms with Crippen molar-refractivity contribution in [2.24, 2.45) is 0 Å². The maximum absolute atomic E-state index is 13.2. The predicted molar refractivity (Wildman–Crippen MR) is 127 cm³/mol. The van der Waals surface area contributed by atoms with Gasteiger partial charge in [-0.2, -0.15) is 0 Å². The van der Waals surface area contributed by atoms with Gasteiger partial charge in [-0.1, -0.05) is 53.0 Å². The highest BCUT2D eigenvalue weighted by atomic mass is 35.5. The second-order valence-corrected chi connectivity index (χ2v) is 8.38. The monoisotopic (exact) mass is 483 g/mol. The van der Waals surface area contributed by atoms with Gasteiger partial charge in [0.25, 0.3) is 11.7 Å². The number of aliphatic hydroxyl groups excluding tert-OH is 1. The average molecular weight is 484 g/mol. The van der Waals surface area contributed by atoms with Crippen molar-refractivity contribution in [3.63, 3.8) is 0 Å². The Morgan fingerprint density at radius 2 is 1.55 bits per heavy atom. The van der Waals surface area contributed by atoms with Crippen molar-refractivity contribution >= 4 is 46.3 Å². The Kier molecular flexibility index (Phi) is 6.06. The van der Waals surface area contributed by atoms with Gasteiger partial charge in [-0.25, -0.2) is 0 Å². The highest BCUT2D eigenvalue weighted by Crippen LogP contribution is 2.44. The molecule has 0 spiro atoms. The molecule has 0 radical (unpaired) electrons. The number of hydrogen-bond donors (Lipinski definition) is 2. The molecule has 1 aliphatic rings. The molecule has 1 atom stereocenters. The van der Waals surface area contributed by atoms with Crippen LogP contribution in [0.15, 0.2) is 66.2 Å². The van der Waals surface area contributed by atoms with Crippen molar-refractivity contribution in [2.45, 2.75) is 13.0 Å². The number of anilines is 1. The lowest BCUT2D eigenvalue weighted by molar-refractivity contribution is -0.132. The summed E-state index contributed by atoms with van der Waals surface area (Å²) in [5, 5.41) is 21.2. The van der Waals surface area contributed by atoms with E-state index in [4.69, 9.17) is 27.9 Å². The maximum Gasteiger partial charge on any atom is 0.300 e. The van der Waals surface area contributed by atoms with E-state index >= 15 is 0 Å². The fourth-order valence-corrected chi connectivity index (χ4v) is 4.46. The summed E-state index contributed by atoms with van der Waals surface area (Å²) in [5.41, 5.74) is 2.05. The van der Waals surface area contributed by atoms with E-state index < -0.39 is 23.5 Å². The number of ether oxygens (including phenoxy) is 1. The lowest BCUT2D eigenvalue weighted by atomic mass is 9.95. The second-order valence-electron chi connectivity index (χ2n) is 7.57. The minimum Gasteiger partial charge on any atom is -0.508 e. The van der Waals surface area contributed by atoms with E-state index in [9.17, 15) is 19.8 Å². The molecule has 33 heavy (non-hydrogen) atoms. The molecule has 3 aromatic rings. The third-order valence-electron chi connectivity index (χ3n) is 5.44. The molecule has 1 amide bonds. The van der Waals surface area contributed by atoms with Crippen LogP contribution in [0.3, 0.4) is 0 Å². The Morgan fingerprint density at radius 3 is 2.09 bits per heavy atom. The van der Waals surface area contributed by atoms with Crippen molar-refractivity contribution in [2.75, 3.05) is 12.0 Å². The van der Waals surface area contributed by atoms with Crippen molar-refractivity contribution in [1.82, 2.24) is 0 Å². The number of carbonyl (C=O) groups excluding carboxylic acids is 2. The number of aryl methyl sites for hydroxylation is 1. The number of Topliss-reactive ketones (excluding diaryl/α,β-unsaturated/α-hetero) is 1. The quantitative estimate of drug-likeness (QED) is 0.284. The van der Waals surface area contributed by atoms with Crippen LogP contribution in [-0.4, -0.2) is 29.0 Å². The van der Waals surface area contributed by atoms with E-state index in [2.05, 4.69) is 0 Å². The minimum absolute atomic E-state index is 0.0276. The highest BCUT2D eigenvalue weighted by Gasteiger charge is 2.47. The van der Waals surface area contributed by atoms with Crippen LogP contribution >= 0.6 is 23.2 Å². The molecule has 0 aliphatic carbocycles. The van der Waals surface area contributed by atoms with Gasteiger partial charge >= 0.3 is 0 Å². The molecule has 0 bridgehead atoms. The van der Waals surface area contributed by atoms with Crippen LogP contribution < -0.4 is 9.64 Å². The van der Waals surface area contributed by atoms with E-state index in [1.165, 1.54) is 36.3 Å². The van der Waals surface area contributed by atoms with Gasteiger partial charge in [0.2, 0.25) is 0 Å². The summed E-state index contributed by atoms with van der Waals surface area (Å²) in [6.45, 7) is 1.91. The number of phenols is 1. The fraction of sp³-hybridized carbons (Fsp3) is 0.120. The summed E-state index contributed by atoms with van der Waals surface area (Å²) in [6.07, 6.45) is 0. The highest BCUT2D eigenvalue weighted by molar-refractivity contribution is 6.51. The Morgan fingerprint density at radius 1 is 0.970 bits per heavy atom. The Labute approximate surface area is 200 Å². The van der Waals surface area contributed by atoms with Crippen LogP contribution in [0, 0.1) is 6.92 Å². The van der Waals surface area contributed by atoms with Gasteiger partial charge in [-0.15, -0.1) is 0 Å². The predicted octanol–water partition coefficient (Wildman–Crippen LogP) is 5.64. The van der Waals surface area contributed by atoms with Crippen molar-refractivity contribution in [3.05, 3.63) is 93.0 Å². The number of rotatable bonds is 4. The first-order valence-electron chi connectivity index (χ1n) is 9.93. The number of aromatic hydroxyl groups is 1. The van der Waals surface area contributed by atoms with Crippen LogP contribution in [0.1, 0.15) is 22.7 Å². The molecule has 1 fully saturated rings. The topological polar surface area (TPSA) is 87.1 Å². The Hall–Kier alpha value is -3.48. The standard InChI is InChI=1S/C25H19Cl2NO5/c1-13-3-7-16(8-4-13)28-21(14-5-9-17(29)10-6-14)20(23(31)25(28)32)22(30)15-11-18(26)24(33-2)19(27)12-15/h3-12,21,29-30H,1-2H3/b22-20+. The zero-order valence-corrected chi connectivity index (χ0v) is 19.2. The summed E-state index contributed by atoms with van der Waals surface area (Å²) in [4.78, 5) is 27.6. The average Bonchev–Trinajstić information content (AvgIpc) is 3.05. The Bertz CT molecular complexity index is 1260. The molecule has 0 aromatic heterocycles. The smallest absolute Gasteiger partial charge is 0.300 e. The summed E-state index contributed by atoms with van der Waals surface area (Å²) < 4.78 is 5.15. The molecule has 0 saturated carbocycles. The summed E-state index contributed by atoms with van der Waals surface area (Å²) in [7, 11) is 1.41.